The number of hydrogen-bond acceptors (Lipinski definition) is 7. The van der Waals surface area contributed by atoms with E-state index in [-0.39, 0.29) is 62.6 Å². The first-order valence-corrected chi connectivity index (χ1v) is 12.1. The molecule has 2 amide bonds. The molecule has 1 fully saturated rings. The van der Waals surface area contributed by atoms with E-state index in [9.17, 15) is 22.8 Å². The molecule has 1 saturated carbocycles. The van der Waals surface area contributed by atoms with E-state index in [0.29, 0.717) is 5.89 Å². The lowest BCUT2D eigenvalue weighted by Crippen LogP contribution is -2.42. The molecule has 37 heavy (non-hydrogen) atoms. The summed E-state index contributed by atoms with van der Waals surface area (Å²) < 4.78 is 46.0. The quantitative estimate of drug-likeness (QED) is 0.511. The monoisotopic (exact) mass is 517 g/mol. The largest absolute Gasteiger partial charge is 0.451 e. The molecular weight excluding hydrogens is 491 g/mol. The van der Waals surface area contributed by atoms with E-state index in [0.717, 1.165) is 35.8 Å². The topological polar surface area (TPSA) is 119 Å². The smallest absolute Gasteiger partial charge is 0.419 e. The number of carbonyl (C=O) groups is 2. The molecule has 0 saturated heterocycles. The predicted octanol–water partition coefficient (Wildman–Crippen LogP) is 3.35. The van der Waals surface area contributed by atoms with Crippen LogP contribution in [0.5, 0.6) is 0 Å². The fraction of sp³-hybridized carbons (Fsp3) is 0.500. The summed E-state index contributed by atoms with van der Waals surface area (Å²) in [5.74, 6) is -0.707. The van der Waals surface area contributed by atoms with Crippen molar-refractivity contribution >= 4 is 11.8 Å². The number of hydrogen-bond donors (Lipinski definition) is 1. The number of nitrogens with zero attached hydrogens (tertiary/aromatic N) is 6. The van der Waals surface area contributed by atoms with Crippen LogP contribution in [0.1, 0.15) is 56.1 Å². The number of benzene rings is 1. The molecule has 0 radical (unpaired) electrons. The van der Waals surface area contributed by atoms with Crippen molar-refractivity contribution in [1.29, 1.82) is 0 Å². The minimum absolute atomic E-state index is 0.0223. The number of halogens is 3. The van der Waals surface area contributed by atoms with Gasteiger partial charge in [-0.15, -0.1) is 20.4 Å². The number of amides is 2. The number of fused-ring (bicyclic) bond motifs is 1. The third kappa shape index (κ3) is 5.49. The van der Waals surface area contributed by atoms with Gasteiger partial charge in [0.15, 0.2) is 5.82 Å². The zero-order valence-electron chi connectivity index (χ0n) is 20.0. The highest BCUT2D eigenvalue weighted by Crippen LogP contribution is 2.44. The molecule has 0 bridgehead atoms. The highest BCUT2D eigenvalue weighted by atomic mass is 19.4. The molecule has 0 unspecified atom stereocenters. The Morgan fingerprint density at radius 3 is 2.49 bits per heavy atom. The fourth-order valence-corrected chi connectivity index (χ4v) is 5.15. The molecule has 0 spiro atoms. The van der Waals surface area contributed by atoms with Gasteiger partial charge in [-0.2, -0.15) is 13.2 Å². The third-order valence-corrected chi connectivity index (χ3v) is 7.01. The molecule has 5 rings (SSSR count). The summed E-state index contributed by atoms with van der Waals surface area (Å²) in [6.45, 7) is 0.152. The Kier molecular flexibility index (Phi) is 6.69. The SMILES string of the molecule is O=C(CC1(CC(=O)N2CCn3c(nnc3C(F)(F)F)C2)CCCC1)NCc1nnc(-c2ccccc2)o1. The second kappa shape index (κ2) is 9.94. The average molecular weight is 518 g/mol. The first-order chi connectivity index (χ1) is 17.7. The van der Waals surface area contributed by atoms with Gasteiger partial charge in [-0.25, -0.2) is 0 Å². The van der Waals surface area contributed by atoms with Crippen LogP contribution in [0.4, 0.5) is 13.2 Å². The van der Waals surface area contributed by atoms with E-state index in [1.54, 1.807) is 0 Å². The number of carbonyl (C=O) groups excluding carboxylic acids is 2. The van der Waals surface area contributed by atoms with Gasteiger partial charge in [-0.1, -0.05) is 31.0 Å². The molecule has 3 heterocycles. The van der Waals surface area contributed by atoms with E-state index in [2.05, 4.69) is 25.7 Å². The van der Waals surface area contributed by atoms with Gasteiger partial charge in [0.1, 0.15) is 0 Å². The summed E-state index contributed by atoms with van der Waals surface area (Å²) in [6, 6.07) is 9.29. The van der Waals surface area contributed by atoms with Crippen LogP contribution in [0.2, 0.25) is 0 Å². The van der Waals surface area contributed by atoms with Gasteiger partial charge >= 0.3 is 6.18 Å². The fourth-order valence-electron chi connectivity index (χ4n) is 5.15. The van der Waals surface area contributed by atoms with Gasteiger partial charge in [0, 0.05) is 31.5 Å². The average Bonchev–Trinajstić information content (AvgIpc) is 3.62. The summed E-state index contributed by atoms with van der Waals surface area (Å²) >= 11 is 0. The van der Waals surface area contributed by atoms with Crippen molar-refractivity contribution in [3.63, 3.8) is 0 Å². The van der Waals surface area contributed by atoms with E-state index >= 15 is 0 Å². The van der Waals surface area contributed by atoms with E-state index in [1.165, 1.54) is 4.90 Å². The number of alkyl halides is 3. The lowest BCUT2D eigenvalue weighted by atomic mass is 9.78. The summed E-state index contributed by atoms with van der Waals surface area (Å²) in [7, 11) is 0. The first kappa shape index (κ1) is 24.9. The van der Waals surface area contributed by atoms with Crippen molar-refractivity contribution in [2.24, 2.45) is 5.41 Å². The number of rotatable bonds is 7. The van der Waals surface area contributed by atoms with Crippen LogP contribution in [-0.2, 0) is 35.4 Å². The lowest BCUT2D eigenvalue weighted by Gasteiger charge is -2.33. The van der Waals surface area contributed by atoms with Crippen LogP contribution < -0.4 is 5.32 Å². The third-order valence-electron chi connectivity index (χ3n) is 7.01. The lowest BCUT2D eigenvalue weighted by molar-refractivity contribution is -0.148. The molecule has 2 aliphatic rings. The molecule has 10 nitrogen and oxygen atoms in total. The van der Waals surface area contributed by atoms with Gasteiger partial charge in [-0.3, -0.25) is 9.59 Å². The summed E-state index contributed by atoms with van der Waals surface area (Å²) in [6.07, 6.45) is -0.995. The molecular formula is C24H26F3N7O3. The summed E-state index contributed by atoms with van der Waals surface area (Å²) in [5, 5.41) is 17.7. The standard InChI is InChI=1S/C24H26F3N7O3/c25-24(26,27)22-32-29-17-15-33(10-11-34(17)22)20(36)13-23(8-4-5-9-23)12-18(35)28-14-19-30-31-21(37-19)16-6-2-1-3-7-16/h1-3,6-7H,4-5,8-15H2,(H,28,35). The maximum Gasteiger partial charge on any atom is 0.451 e. The van der Waals surface area contributed by atoms with Crippen molar-refractivity contribution in [2.45, 2.75) is 64.3 Å². The zero-order valence-corrected chi connectivity index (χ0v) is 20.0. The first-order valence-electron chi connectivity index (χ1n) is 12.1. The Hall–Kier alpha value is -3.77. The Labute approximate surface area is 210 Å². The van der Waals surface area contributed by atoms with Gasteiger partial charge in [0.25, 0.3) is 0 Å². The van der Waals surface area contributed by atoms with Crippen LogP contribution in [-0.4, -0.2) is 48.2 Å². The molecule has 196 valence electrons. The normalized spacial score (nSPS) is 17.0. The van der Waals surface area contributed by atoms with Gasteiger partial charge in [-0.05, 0) is 30.4 Å². The molecule has 1 aliphatic heterocycles. The van der Waals surface area contributed by atoms with Gasteiger partial charge in [0.05, 0.1) is 13.1 Å². The molecule has 1 aromatic carbocycles. The highest BCUT2D eigenvalue weighted by molar-refractivity contribution is 5.80. The van der Waals surface area contributed by atoms with Gasteiger partial charge < -0.3 is 19.2 Å². The Balaban J connectivity index is 1.17. The van der Waals surface area contributed by atoms with E-state index in [1.807, 2.05) is 30.3 Å². The van der Waals surface area contributed by atoms with Crippen molar-refractivity contribution in [3.05, 3.63) is 47.9 Å². The van der Waals surface area contributed by atoms with Crippen LogP contribution in [0.3, 0.4) is 0 Å². The molecule has 2 aromatic heterocycles. The number of aromatic nitrogens is 5. The van der Waals surface area contributed by atoms with Crippen LogP contribution >= 0.6 is 0 Å². The molecule has 1 aliphatic carbocycles. The molecule has 1 N–H and O–H groups in total. The van der Waals surface area contributed by atoms with Crippen LogP contribution in [0.15, 0.2) is 34.7 Å². The number of nitrogens with one attached hydrogen (secondary N) is 1. The molecule has 0 atom stereocenters. The van der Waals surface area contributed by atoms with Crippen molar-refractivity contribution in [2.75, 3.05) is 6.54 Å². The minimum Gasteiger partial charge on any atom is -0.419 e. The molecule has 3 aromatic rings. The van der Waals surface area contributed by atoms with Crippen LogP contribution in [0.25, 0.3) is 11.5 Å². The second-order valence-corrected chi connectivity index (χ2v) is 9.61. The van der Waals surface area contributed by atoms with E-state index in [4.69, 9.17) is 4.42 Å². The van der Waals surface area contributed by atoms with Crippen molar-refractivity contribution < 1.29 is 27.2 Å². The van der Waals surface area contributed by atoms with Crippen molar-refractivity contribution in [1.82, 2.24) is 35.2 Å². The van der Waals surface area contributed by atoms with Crippen molar-refractivity contribution in [3.8, 4) is 11.5 Å². The Morgan fingerprint density at radius 2 is 1.76 bits per heavy atom. The Bertz CT molecular complexity index is 1270. The Morgan fingerprint density at radius 1 is 1.00 bits per heavy atom. The van der Waals surface area contributed by atoms with E-state index < -0.39 is 17.4 Å². The zero-order chi connectivity index (χ0) is 26.0. The summed E-state index contributed by atoms with van der Waals surface area (Å²) in [4.78, 5) is 27.5. The summed E-state index contributed by atoms with van der Waals surface area (Å²) in [5.41, 5.74) is 0.287. The minimum atomic E-state index is -4.59. The maximum absolute atomic E-state index is 13.2. The molecule has 13 heteroatoms. The highest BCUT2D eigenvalue weighted by Gasteiger charge is 2.42. The van der Waals surface area contributed by atoms with Crippen LogP contribution in [0, 0.1) is 5.41 Å². The maximum atomic E-state index is 13.2. The van der Waals surface area contributed by atoms with Gasteiger partial charge in [0.2, 0.25) is 29.4 Å². The predicted molar refractivity (Wildman–Crippen MR) is 122 cm³/mol. The second-order valence-electron chi connectivity index (χ2n) is 9.61.